The molecule has 0 unspecified atom stereocenters. The Morgan fingerprint density at radius 3 is 3.31 bits per heavy atom. The van der Waals surface area contributed by atoms with Crippen LogP contribution >= 0.6 is 11.3 Å². The SMILES string of the molecule is C[C@H]1CCCN(CC(=O)Nc2nccs2)C1. The van der Waals surface area contributed by atoms with Crippen molar-refractivity contribution in [1.29, 1.82) is 0 Å². The van der Waals surface area contributed by atoms with Crippen LogP contribution in [0, 0.1) is 5.92 Å². The van der Waals surface area contributed by atoms with Crippen LogP contribution in [0.1, 0.15) is 19.8 Å². The molecule has 1 saturated heterocycles. The zero-order valence-corrected chi connectivity index (χ0v) is 10.3. The number of hydrogen-bond acceptors (Lipinski definition) is 4. The summed E-state index contributed by atoms with van der Waals surface area (Å²) in [6, 6.07) is 0. The Morgan fingerprint density at radius 1 is 1.75 bits per heavy atom. The number of amides is 1. The lowest BCUT2D eigenvalue weighted by molar-refractivity contribution is -0.117. The van der Waals surface area contributed by atoms with Crippen molar-refractivity contribution in [2.45, 2.75) is 19.8 Å². The third-order valence-corrected chi connectivity index (χ3v) is 3.48. The fourth-order valence-corrected chi connectivity index (χ4v) is 2.62. The Balaban J connectivity index is 1.78. The van der Waals surface area contributed by atoms with E-state index in [1.807, 2.05) is 5.38 Å². The normalized spacial score (nSPS) is 21.9. The number of aromatic nitrogens is 1. The van der Waals surface area contributed by atoms with Crippen LogP contribution in [-0.2, 0) is 4.79 Å². The molecule has 2 rings (SSSR count). The number of carbonyl (C=O) groups is 1. The summed E-state index contributed by atoms with van der Waals surface area (Å²) in [7, 11) is 0. The van der Waals surface area contributed by atoms with Gasteiger partial charge in [-0.15, -0.1) is 11.3 Å². The van der Waals surface area contributed by atoms with E-state index in [1.165, 1.54) is 24.2 Å². The van der Waals surface area contributed by atoms with E-state index < -0.39 is 0 Å². The van der Waals surface area contributed by atoms with E-state index in [2.05, 4.69) is 22.1 Å². The van der Waals surface area contributed by atoms with Crippen LogP contribution in [0.2, 0.25) is 0 Å². The van der Waals surface area contributed by atoms with Crippen LogP contribution < -0.4 is 5.32 Å². The summed E-state index contributed by atoms with van der Waals surface area (Å²) in [5.41, 5.74) is 0. The van der Waals surface area contributed by atoms with Gasteiger partial charge in [-0.25, -0.2) is 4.98 Å². The van der Waals surface area contributed by atoms with Gasteiger partial charge in [-0.3, -0.25) is 9.69 Å². The quantitative estimate of drug-likeness (QED) is 0.875. The molecule has 1 aliphatic rings. The lowest BCUT2D eigenvalue weighted by atomic mass is 10.0. The largest absolute Gasteiger partial charge is 0.301 e. The van der Waals surface area contributed by atoms with Crippen LogP contribution in [0.25, 0.3) is 0 Å². The highest BCUT2D eigenvalue weighted by atomic mass is 32.1. The van der Waals surface area contributed by atoms with E-state index in [1.54, 1.807) is 6.20 Å². The molecular formula is C11H17N3OS. The van der Waals surface area contributed by atoms with Crippen molar-refractivity contribution in [2.24, 2.45) is 5.92 Å². The van der Waals surface area contributed by atoms with Gasteiger partial charge in [-0.2, -0.15) is 0 Å². The predicted octanol–water partition coefficient (Wildman–Crippen LogP) is 1.81. The second-order valence-corrected chi connectivity index (χ2v) is 5.26. The molecule has 0 aromatic carbocycles. The van der Waals surface area contributed by atoms with Crippen molar-refractivity contribution < 1.29 is 4.79 Å². The van der Waals surface area contributed by atoms with E-state index in [0.717, 1.165) is 13.1 Å². The van der Waals surface area contributed by atoms with Gasteiger partial charge in [0.15, 0.2) is 5.13 Å². The molecule has 0 spiro atoms. The molecule has 88 valence electrons. The lowest BCUT2D eigenvalue weighted by Gasteiger charge is -2.29. The smallest absolute Gasteiger partial charge is 0.240 e. The summed E-state index contributed by atoms with van der Waals surface area (Å²) in [5, 5.41) is 5.36. The molecule has 2 heterocycles. The highest BCUT2D eigenvalue weighted by Gasteiger charge is 2.18. The average Bonchev–Trinajstić information content (AvgIpc) is 2.70. The molecule has 1 atom stereocenters. The standard InChI is InChI=1S/C11H17N3OS/c1-9-3-2-5-14(7-9)8-10(15)13-11-12-4-6-16-11/h4,6,9H,2-3,5,7-8H2,1H3,(H,12,13,15)/t9-/m0/s1. The minimum absolute atomic E-state index is 0.0454. The van der Waals surface area contributed by atoms with Gasteiger partial charge in [0, 0.05) is 18.1 Å². The fourth-order valence-electron chi connectivity index (χ4n) is 2.08. The Morgan fingerprint density at radius 2 is 2.62 bits per heavy atom. The van der Waals surface area contributed by atoms with E-state index in [4.69, 9.17) is 0 Å². The molecule has 1 fully saturated rings. The zero-order chi connectivity index (χ0) is 11.4. The van der Waals surface area contributed by atoms with Crippen molar-refractivity contribution in [3.63, 3.8) is 0 Å². The molecule has 5 heteroatoms. The molecular weight excluding hydrogens is 222 g/mol. The number of piperidine rings is 1. The van der Waals surface area contributed by atoms with Gasteiger partial charge in [0.2, 0.25) is 5.91 Å². The Bertz CT molecular complexity index is 339. The van der Waals surface area contributed by atoms with Crippen LogP contribution in [0.15, 0.2) is 11.6 Å². The number of anilines is 1. The first kappa shape index (κ1) is 11.5. The number of likely N-dealkylation sites (tertiary alicyclic amines) is 1. The third kappa shape index (κ3) is 3.28. The maximum Gasteiger partial charge on any atom is 0.240 e. The highest BCUT2D eigenvalue weighted by molar-refractivity contribution is 7.13. The first-order valence-corrected chi connectivity index (χ1v) is 6.53. The maximum atomic E-state index is 11.7. The monoisotopic (exact) mass is 239 g/mol. The highest BCUT2D eigenvalue weighted by Crippen LogP contribution is 2.15. The van der Waals surface area contributed by atoms with Gasteiger partial charge >= 0.3 is 0 Å². The Labute approximate surface area is 99.7 Å². The molecule has 1 aliphatic heterocycles. The second-order valence-electron chi connectivity index (χ2n) is 4.37. The number of carbonyl (C=O) groups excluding carboxylic acids is 1. The van der Waals surface area contributed by atoms with Crippen LogP contribution in [0.4, 0.5) is 5.13 Å². The van der Waals surface area contributed by atoms with E-state index >= 15 is 0 Å². The minimum Gasteiger partial charge on any atom is -0.301 e. The number of nitrogens with zero attached hydrogens (tertiary/aromatic N) is 2. The molecule has 4 nitrogen and oxygen atoms in total. The van der Waals surface area contributed by atoms with E-state index in [0.29, 0.717) is 17.6 Å². The van der Waals surface area contributed by atoms with Crippen molar-refractivity contribution in [2.75, 3.05) is 25.0 Å². The minimum atomic E-state index is 0.0454. The summed E-state index contributed by atoms with van der Waals surface area (Å²) in [5.74, 6) is 0.755. The Hall–Kier alpha value is -0.940. The topological polar surface area (TPSA) is 45.2 Å². The summed E-state index contributed by atoms with van der Waals surface area (Å²) >= 11 is 1.45. The summed E-state index contributed by atoms with van der Waals surface area (Å²) < 4.78 is 0. The van der Waals surface area contributed by atoms with Crippen molar-refractivity contribution in [1.82, 2.24) is 9.88 Å². The lowest BCUT2D eigenvalue weighted by Crippen LogP contribution is -2.39. The number of thiazole rings is 1. The van der Waals surface area contributed by atoms with E-state index in [-0.39, 0.29) is 5.91 Å². The summed E-state index contributed by atoms with van der Waals surface area (Å²) in [6.45, 7) is 4.80. The zero-order valence-electron chi connectivity index (χ0n) is 9.48. The van der Waals surface area contributed by atoms with Crippen LogP contribution in [-0.4, -0.2) is 35.4 Å². The number of nitrogens with one attached hydrogen (secondary N) is 1. The summed E-state index contributed by atoms with van der Waals surface area (Å²) in [6.07, 6.45) is 4.18. The second kappa shape index (κ2) is 5.41. The van der Waals surface area contributed by atoms with Crippen molar-refractivity contribution in [3.05, 3.63) is 11.6 Å². The maximum absolute atomic E-state index is 11.7. The van der Waals surface area contributed by atoms with Crippen LogP contribution in [0.3, 0.4) is 0 Å². The fraction of sp³-hybridized carbons (Fsp3) is 0.636. The molecule has 1 aromatic rings. The van der Waals surface area contributed by atoms with E-state index in [9.17, 15) is 4.79 Å². The molecule has 16 heavy (non-hydrogen) atoms. The first-order valence-electron chi connectivity index (χ1n) is 5.66. The third-order valence-electron chi connectivity index (χ3n) is 2.79. The molecule has 0 aliphatic carbocycles. The molecule has 0 bridgehead atoms. The molecule has 1 aromatic heterocycles. The Kier molecular flexibility index (Phi) is 3.90. The van der Waals surface area contributed by atoms with Gasteiger partial charge in [0.25, 0.3) is 0 Å². The van der Waals surface area contributed by atoms with Gasteiger partial charge in [-0.1, -0.05) is 6.92 Å². The number of hydrogen-bond donors (Lipinski definition) is 1. The van der Waals surface area contributed by atoms with Crippen molar-refractivity contribution >= 4 is 22.4 Å². The molecule has 1 amide bonds. The van der Waals surface area contributed by atoms with Gasteiger partial charge in [-0.05, 0) is 25.3 Å². The number of rotatable bonds is 3. The summed E-state index contributed by atoms with van der Waals surface area (Å²) in [4.78, 5) is 18.0. The van der Waals surface area contributed by atoms with Gasteiger partial charge < -0.3 is 5.32 Å². The average molecular weight is 239 g/mol. The molecule has 0 radical (unpaired) electrons. The van der Waals surface area contributed by atoms with Gasteiger partial charge in [0.1, 0.15) is 0 Å². The predicted molar refractivity (Wildman–Crippen MR) is 65.6 cm³/mol. The van der Waals surface area contributed by atoms with Crippen LogP contribution in [0.5, 0.6) is 0 Å². The van der Waals surface area contributed by atoms with Crippen molar-refractivity contribution in [3.8, 4) is 0 Å². The molecule has 1 N–H and O–H groups in total. The molecule has 0 saturated carbocycles. The van der Waals surface area contributed by atoms with Gasteiger partial charge in [0.05, 0.1) is 6.54 Å². The first-order chi connectivity index (χ1) is 7.74.